The fourth-order valence-electron chi connectivity index (χ4n) is 1.57. The first-order valence-corrected chi connectivity index (χ1v) is 8.03. The minimum Gasteiger partial charge on any atom is -0.480 e. The molecule has 0 aliphatic carbocycles. The molecule has 0 heterocycles. The molecule has 2 aromatic carbocycles. The molecule has 0 spiro atoms. The van der Waals surface area contributed by atoms with Gasteiger partial charge in [0.2, 0.25) is 0 Å². The van der Waals surface area contributed by atoms with Gasteiger partial charge in [-0.25, -0.2) is 4.79 Å². The molecule has 0 aromatic heterocycles. The Balaban J connectivity index is 1.99. The predicted molar refractivity (Wildman–Crippen MR) is 91.5 cm³/mol. The number of benzene rings is 2. The molecule has 2 aromatic rings. The minimum atomic E-state index is -0.588. The number of carbonyl (C=O) groups is 1. The molecule has 0 amide bonds. The Kier molecular flexibility index (Phi) is 5.98. The van der Waals surface area contributed by atoms with E-state index in [0.29, 0.717) is 20.8 Å². The van der Waals surface area contributed by atoms with E-state index in [2.05, 4.69) is 15.9 Å². The van der Waals surface area contributed by atoms with Crippen LogP contribution in [0.25, 0.3) is 0 Å². The van der Waals surface area contributed by atoms with Crippen LogP contribution in [0.3, 0.4) is 0 Å². The monoisotopic (exact) mass is 422 g/mol. The second-order valence-electron chi connectivity index (χ2n) is 4.35. The third-order valence-corrected chi connectivity index (χ3v) is 4.30. The molecule has 0 aliphatic rings. The van der Waals surface area contributed by atoms with Crippen molar-refractivity contribution in [2.75, 3.05) is 6.61 Å². The standard InChI is InChI=1S/C15H10BrCl3O3/c1-8-11(17)5-10(6-12(8)18)22-15(20)7-21-14-3-2-9(16)4-13(14)19/h2-6H,7H2,1H3. The van der Waals surface area contributed by atoms with Crippen LogP contribution < -0.4 is 9.47 Å². The maximum atomic E-state index is 11.8. The van der Waals surface area contributed by atoms with Crippen molar-refractivity contribution in [2.24, 2.45) is 0 Å². The molecule has 0 N–H and O–H groups in total. The Morgan fingerprint density at radius 3 is 2.32 bits per heavy atom. The van der Waals surface area contributed by atoms with Gasteiger partial charge in [0, 0.05) is 14.5 Å². The summed E-state index contributed by atoms with van der Waals surface area (Å²) in [5.74, 6) is 0.0628. The van der Waals surface area contributed by atoms with Crippen LogP contribution in [-0.2, 0) is 4.79 Å². The maximum Gasteiger partial charge on any atom is 0.349 e. The highest BCUT2D eigenvalue weighted by Gasteiger charge is 2.11. The molecule has 7 heteroatoms. The molecule has 0 saturated heterocycles. The van der Waals surface area contributed by atoms with E-state index in [9.17, 15) is 4.79 Å². The summed E-state index contributed by atoms with van der Waals surface area (Å²) >= 11 is 21.2. The SMILES string of the molecule is Cc1c(Cl)cc(OC(=O)COc2ccc(Br)cc2Cl)cc1Cl. The number of halogens is 4. The van der Waals surface area contributed by atoms with E-state index in [1.807, 2.05) is 0 Å². The summed E-state index contributed by atoms with van der Waals surface area (Å²) in [6, 6.07) is 8.12. The number of rotatable bonds is 4. The summed E-state index contributed by atoms with van der Waals surface area (Å²) in [4.78, 5) is 11.8. The van der Waals surface area contributed by atoms with E-state index in [4.69, 9.17) is 44.3 Å². The van der Waals surface area contributed by atoms with Crippen molar-refractivity contribution in [2.45, 2.75) is 6.92 Å². The van der Waals surface area contributed by atoms with Crippen LogP contribution in [-0.4, -0.2) is 12.6 Å². The van der Waals surface area contributed by atoms with E-state index >= 15 is 0 Å². The lowest BCUT2D eigenvalue weighted by Gasteiger charge is -2.10. The van der Waals surface area contributed by atoms with Gasteiger partial charge < -0.3 is 9.47 Å². The van der Waals surface area contributed by atoms with Crippen molar-refractivity contribution in [1.82, 2.24) is 0 Å². The van der Waals surface area contributed by atoms with Crippen LogP contribution in [0.1, 0.15) is 5.56 Å². The van der Waals surface area contributed by atoms with Gasteiger partial charge in [0.05, 0.1) is 5.02 Å². The van der Waals surface area contributed by atoms with Gasteiger partial charge in [0.25, 0.3) is 0 Å². The number of hydrogen-bond acceptors (Lipinski definition) is 3. The van der Waals surface area contributed by atoms with Gasteiger partial charge in [-0.05, 0) is 42.8 Å². The second-order valence-corrected chi connectivity index (χ2v) is 6.49. The fraction of sp³-hybridized carbons (Fsp3) is 0.133. The molecule has 0 saturated carbocycles. The Morgan fingerprint density at radius 1 is 1.09 bits per heavy atom. The topological polar surface area (TPSA) is 35.5 Å². The molecular weight excluding hydrogens is 414 g/mol. The molecule has 22 heavy (non-hydrogen) atoms. The molecular formula is C15H10BrCl3O3. The van der Waals surface area contributed by atoms with Gasteiger partial charge in [-0.2, -0.15) is 0 Å². The zero-order chi connectivity index (χ0) is 16.3. The highest BCUT2D eigenvalue weighted by atomic mass is 79.9. The van der Waals surface area contributed by atoms with Gasteiger partial charge in [-0.15, -0.1) is 0 Å². The lowest BCUT2D eigenvalue weighted by molar-refractivity contribution is -0.136. The van der Waals surface area contributed by atoms with E-state index in [1.54, 1.807) is 25.1 Å². The highest BCUT2D eigenvalue weighted by Crippen LogP contribution is 2.30. The number of carbonyl (C=O) groups excluding carboxylic acids is 1. The van der Waals surface area contributed by atoms with Crippen molar-refractivity contribution in [3.63, 3.8) is 0 Å². The first-order valence-electron chi connectivity index (χ1n) is 6.11. The third-order valence-electron chi connectivity index (χ3n) is 2.73. The van der Waals surface area contributed by atoms with Crippen molar-refractivity contribution in [3.05, 3.63) is 55.4 Å². The van der Waals surface area contributed by atoms with Crippen LogP contribution in [0.15, 0.2) is 34.8 Å². The van der Waals surface area contributed by atoms with E-state index < -0.39 is 5.97 Å². The molecule has 0 fully saturated rings. The van der Waals surface area contributed by atoms with E-state index in [-0.39, 0.29) is 12.4 Å². The lowest BCUT2D eigenvalue weighted by Crippen LogP contribution is -2.17. The largest absolute Gasteiger partial charge is 0.480 e. The Morgan fingerprint density at radius 2 is 1.73 bits per heavy atom. The molecule has 0 bridgehead atoms. The Labute approximate surface area is 151 Å². The molecule has 0 aliphatic heterocycles. The zero-order valence-electron chi connectivity index (χ0n) is 11.3. The lowest BCUT2D eigenvalue weighted by atomic mass is 10.2. The number of ether oxygens (including phenoxy) is 2. The molecule has 0 unspecified atom stereocenters. The summed E-state index contributed by atoms with van der Waals surface area (Å²) < 4.78 is 11.3. The third kappa shape index (κ3) is 4.53. The van der Waals surface area contributed by atoms with E-state index in [1.165, 1.54) is 12.1 Å². The van der Waals surface area contributed by atoms with Crippen LogP contribution in [0.2, 0.25) is 15.1 Å². The van der Waals surface area contributed by atoms with Crippen molar-refractivity contribution < 1.29 is 14.3 Å². The highest BCUT2D eigenvalue weighted by molar-refractivity contribution is 9.10. The van der Waals surface area contributed by atoms with Gasteiger partial charge in [0.15, 0.2) is 6.61 Å². The smallest absolute Gasteiger partial charge is 0.349 e. The van der Waals surface area contributed by atoms with E-state index in [0.717, 1.165) is 10.0 Å². The zero-order valence-corrected chi connectivity index (χ0v) is 15.2. The minimum absolute atomic E-state index is 0.260. The summed E-state index contributed by atoms with van der Waals surface area (Å²) in [5, 5.41) is 1.24. The fourth-order valence-corrected chi connectivity index (χ4v) is 2.77. The first kappa shape index (κ1) is 17.4. The van der Waals surface area contributed by atoms with Crippen molar-refractivity contribution in [3.8, 4) is 11.5 Å². The van der Waals surface area contributed by atoms with Crippen LogP contribution in [0.4, 0.5) is 0 Å². The van der Waals surface area contributed by atoms with Crippen molar-refractivity contribution in [1.29, 1.82) is 0 Å². The molecule has 3 nitrogen and oxygen atoms in total. The second kappa shape index (κ2) is 7.55. The maximum absolute atomic E-state index is 11.8. The molecule has 0 radical (unpaired) electrons. The summed E-state index contributed by atoms with van der Waals surface area (Å²) in [6.45, 7) is 1.49. The average Bonchev–Trinajstić information content (AvgIpc) is 2.43. The number of esters is 1. The van der Waals surface area contributed by atoms with Gasteiger partial charge in [0.1, 0.15) is 11.5 Å². The molecule has 2 rings (SSSR count). The molecule has 116 valence electrons. The van der Waals surface area contributed by atoms with Gasteiger partial charge in [-0.3, -0.25) is 0 Å². The summed E-state index contributed by atoms with van der Waals surface area (Å²) in [6.07, 6.45) is 0. The summed E-state index contributed by atoms with van der Waals surface area (Å²) in [7, 11) is 0. The van der Waals surface area contributed by atoms with Crippen LogP contribution in [0, 0.1) is 6.92 Å². The predicted octanol–water partition coefficient (Wildman–Crippen LogP) is 5.70. The Hall–Kier alpha value is -0.940. The average molecular weight is 425 g/mol. The Bertz CT molecular complexity index is 696. The summed E-state index contributed by atoms with van der Waals surface area (Å²) in [5.41, 5.74) is 0.723. The van der Waals surface area contributed by atoms with Crippen molar-refractivity contribution >= 4 is 56.7 Å². The van der Waals surface area contributed by atoms with Gasteiger partial charge >= 0.3 is 5.97 Å². The van der Waals surface area contributed by atoms with Crippen LogP contribution in [0.5, 0.6) is 11.5 Å². The first-order chi connectivity index (χ1) is 10.4. The number of hydrogen-bond donors (Lipinski definition) is 0. The van der Waals surface area contributed by atoms with Gasteiger partial charge in [-0.1, -0.05) is 50.7 Å². The quantitative estimate of drug-likeness (QED) is 0.466. The molecule has 0 atom stereocenters. The normalized spacial score (nSPS) is 10.4. The van der Waals surface area contributed by atoms with Crippen LogP contribution >= 0.6 is 50.7 Å².